The van der Waals surface area contributed by atoms with E-state index in [9.17, 15) is 18.0 Å². The molecule has 3 aromatic carbocycles. The molecule has 1 atom stereocenters. The topological polar surface area (TPSA) is 96.0 Å². The van der Waals surface area contributed by atoms with Crippen molar-refractivity contribution in [2.24, 2.45) is 5.92 Å². The molecule has 10 heteroatoms. The third kappa shape index (κ3) is 7.97. The van der Waals surface area contributed by atoms with Gasteiger partial charge < -0.3 is 15.0 Å². The number of ether oxygens (including phenoxy) is 1. The van der Waals surface area contributed by atoms with Gasteiger partial charge in [-0.15, -0.1) is 0 Å². The zero-order valence-corrected chi connectivity index (χ0v) is 24.1. The number of benzene rings is 3. The lowest BCUT2D eigenvalue weighted by Gasteiger charge is -2.32. The Morgan fingerprint density at radius 1 is 0.949 bits per heavy atom. The Morgan fingerprint density at radius 2 is 1.62 bits per heavy atom. The molecule has 1 unspecified atom stereocenters. The molecule has 0 aromatic heterocycles. The van der Waals surface area contributed by atoms with Crippen LogP contribution in [-0.2, 0) is 26.2 Å². The van der Waals surface area contributed by atoms with Gasteiger partial charge in [-0.05, 0) is 60.9 Å². The summed E-state index contributed by atoms with van der Waals surface area (Å²) < 4.78 is 33.8. The molecule has 0 saturated heterocycles. The summed E-state index contributed by atoms with van der Waals surface area (Å²) in [7, 11) is -2.71. The van der Waals surface area contributed by atoms with E-state index in [2.05, 4.69) is 5.32 Å². The summed E-state index contributed by atoms with van der Waals surface area (Å²) in [4.78, 5) is 28.2. The number of amides is 2. The normalized spacial score (nSPS) is 12.1. The minimum atomic E-state index is -4.19. The van der Waals surface area contributed by atoms with Crippen LogP contribution in [0.3, 0.4) is 0 Å². The standard InChI is InChI=1S/C29H34ClN3O5S/c1-21(2)18-31-29(35)22(3)32(19-23-9-6-5-7-10-23)28(34)20-33(25-12-8-11-24(30)17-25)39(36,37)27-15-13-26(38-4)14-16-27/h5-17,21-22H,18-20H2,1-4H3,(H,31,35). The highest BCUT2D eigenvalue weighted by Gasteiger charge is 2.32. The van der Waals surface area contributed by atoms with Crippen molar-refractivity contribution in [3.63, 3.8) is 0 Å². The summed E-state index contributed by atoms with van der Waals surface area (Å²) in [6.45, 7) is 5.63. The molecule has 3 aromatic rings. The van der Waals surface area contributed by atoms with Gasteiger partial charge in [0.2, 0.25) is 11.8 Å². The lowest BCUT2D eigenvalue weighted by atomic mass is 10.1. The number of nitrogens with one attached hydrogen (secondary N) is 1. The molecule has 0 heterocycles. The SMILES string of the molecule is COc1ccc(S(=O)(=O)N(CC(=O)N(Cc2ccccc2)C(C)C(=O)NCC(C)C)c2cccc(Cl)c2)cc1. The number of rotatable bonds is 12. The van der Waals surface area contributed by atoms with E-state index in [-0.39, 0.29) is 29.0 Å². The maximum Gasteiger partial charge on any atom is 0.264 e. The second-order valence-electron chi connectivity index (χ2n) is 9.49. The molecule has 2 amide bonds. The predicted octanol–water partition coefficient (Wildman–Crippen LogP) is 4.73. The lowest BCUT2D eigenvalue weighted by molar-refractivity contribution is -0.139. The van der Waals surface area contributed by atoms with Crippen LogP contribution in [0.2, 0.25) is 5.02 Å². The monoisotopic (exact) mass is 571 g/mol. The molecule has 0 aliphatic carbocycles. The van der Waals surface area contributed by atoms with Crippen LogP contribution in [0.15, 0.2) is 83.8 Å². The number of hydrogen-bond acceptors (Lipinski definition) is 5. The highest BCUT2D eigenvalue weighted by Crippen LogP contribution is 2.27. The molecule has 39 heavy (non-hydrogen) atoms. The first kappa shape index (κ1) is 30.0. The van der Waals surface area contributed by atoms with Crippen molar-refractivity contribution in [2.45, 2.75) is 38.3 Å². The summed E-state index contributed by atoms with van der Waals surface area (Å²) in [5.74, 6) is -0.134. The van der Waals surface area contributed by atoms with Crippen LogP contribution >= 0.6 is 11.6 Å². The van der Waals surface area contributed by atoms with Crippen molar-refractivity contribution in [3.05, 3.63) is 89.4 Å². The van der Waals surface area contributed by atoms with Crippen molar-refractivity contribution in [1.29, 1.82) is 0 Å². The molecule has 0 bridgehead atoms. The number of carbonyl (C=O) groups excluding carboxylic acids is 2. The Hall–Kier alpha value is -3.56. The van der Waals surface area contributed by atoms with Gasteiger partial charge >= 0.3 is 0 Å². The van der Waals surface area contributed by atoms with Gasteiger partial charge in [-0.3, -0.25) is 13.9 Å². The van der Waals surface area contributed by atoms with E-state index in [1.807, 2.05) is 44.2 Å². The highest BCUT2D eigenvalue weighted by molar-refractivity contribution is 7.92. The molecule has 0 radical (unpaired) electrons. The summed E-state index contributed by atoms with van der Waals surface area (Å²) in [6.07, 6.45) is 0. The number of carbonyl (C=O) groups is 2. The number of methoxy groups -OCH3 is 1. The van der Waals surface area contributed by atoms with Gasteiger partial charge in [0.25, 0.3) is 10.0 Å². The number of hydrogen-bond donors (Lipinski definition) is 1. The maximum absolute atomic E-state index is 13.9. The van der Waals surface area contributed by atoms with Gasteiger partial charge in [0, 0.05) is 18.1 Å². The third-order valence-electron chi connectivity index (χ3n) is 6.07. The molecule has 3 rings (SSSR count). The minimum absolute atomic E-state index is 0.0200. The second-order valence-corrected chi connectivity index (χ2v) is 11.8. The van der Waals surface area contributed by atoms with Crippen LogP contribution in [-0.4, -0.2) is 51.4 Å². The van der Waals surface area contributed by atoms with E-state index in [4.69, 9.17) is 16.3 Å². The summed E-state index contributed by atoms with van der Waals surface area (Å²) >= 11 is 6.20. The Labute approximate surface area is 235 Å². The van der Waals surface area contributed by atoms with E-state index >= 15 is 0 Å². The first-order valence-electron chi connectivity index (χ1n) is 12.6. The van der Waals surface area contributed by atoms with Gasteiger partial charge in [0.15, 0.2) is 0 Å². The number of anilines is 1. The summed E-state index contributed by atoms with van der Waals surface area (Å²) in [5.41, 5.74) is 1.03. The molecule has 208 valence electrons. The Morgan fingerprint density at radius 3 is 2.21 bits per heavy atom. The number of sulfonamides is 1. The fourth-order valence-electron chi connectivity index (χ4n) is 3.85. The van der Waals surface area contributed by atoms with Crippen LogP contribution in [0.1, 0.15) is 26.3 Å². The molecule has 0 aliphatic rings. The fourth-order valence-corrected chi connectivity index (χ4v) is 5.44. The van der Waals surface area contributed by atoms with Crippen molar-refractivity contribution in [1.82, 2.24) is 10.2 Å². The predicted molar refractivity (Wildman–Crippen MR) is 153 cm³/mol. The molecule has 0 spiro atoms. The molecule has 0 aliphatic heterocycles. The van der Waals surface area contributed by atoms with E-state index in [1.165, 1.54) is 42.3 Å². The van der Waals surface area contributed by atoms with Crippen LogP contribution in [0.25, 0.3) is 0 Å². The summed E-state index contributed by atoms with van der Waals surface area (Å²) in [5, 5.41) is 3.19. The Kier molecular flexibility index (Phi) is 10.4. The maximum atomic E-state index is 13.9. The zero-order chi connectivity index (χ0) is 28.6. The van der Waals surface area contributed by atoms with Crippen LogP contribution in [0, 0.1) is 5.92 Å². The molecule has 8 nitrogen and oxygen atoms in total. The van der Waals surface area contributed by atoms with Gasteiger partial charge in [-0.2, -0.15) is 0 Å². The molecule has 0 saturated carbocycles. The smallest absolute Gasteiger partial charge is 0.264 e. The number of halogens is 1. The van der Waals surface area contributed by atoms with E-state index < -0.39 is 28.5 Å². The third-order valence-corrected chi connectivity index (χ3v) is 8.09. The average Bonchev–Trinajstić information content (AvgIpc) is 2.93. The first-order chi connectivity index (χ1) is 18.5. The fraction of sp³-hybridized carbons (Fsp3) is 0.310. The largest absolute Gasteiger partial charge is 0.497 e. The van der Waals surface area contributed by atoms with Gasteiger partial charge in [-0.1, -0.05) is 61.8 Å². The molecular formula is C29H34ClN3O5S. The van der Waals surface area contributed by atoms with Crippen LogP contribution < -0.4 is 14.4 Å². The first-order valence-corrected chi connectivity index (χ1v) is 14.4. The van der Waals surface area contributed by atoms with Gasteiger partial charge in [0.05, 0.1) is 17.7 Å². The number of nitrogens with zero attached hydrogens (tertiary/aromatic N) is 2. The van der Waals surface area contributed by atoms with Gasteiger partial charge in [0.1, 0.15) is 18.3 Å². The van der Waals surface area contributed by atoms with Crippen molar-refractivity contribution in [3.8, 4) is 5.75 Å². The molecule has 1 N–H and O–H groups in total. The van der Waals surface area contributed by atoms with E-state index in [0.717, 1.165) is 9.87 Å². The van der Waals surface area contributed by atoms with Crippen LogP contribution in [0.4, 0.5) is 5.69 Å². The van der Waals surface area contributed by atoms with Crippen molar-refractivity contribution in [2.75, 3.05) is 24.5 Å². The minimum Gasteiger partial charge on any atom is -0.497 e. The zero-order valence-electron chi connectivity index (χ0n) is 22.5. The highest BCUT2D eigenvalue weighted by atomic mass is 35.5. The van der Waals surface area contributed by atoms with Gasteiger partial charge in [-0.25, -0.2) is 8.42 Å². The average molecular weight is 572 g/mol. The van der Waals surface area contributed by atoms with E-state index in [1.54, 1.807) is 25.1 Å². The second kappa shape index (κ2) is 13.5. The molecular weight excluding hydrogens is 538 g/mol. The van der Waals surface area contributed by atoms with Crippen molar-refractivity contribution >= 4 is 39.1 Å². The molecule has 0 fully saturated rings. The Balaban J connectivity index is 2.00. The summed E-state index contributed by atoms with van der Waals surface area (Å²) in [6, 6.07) is 20.6. The lowest BCUT2D eigenvalue weighted by Crippen LogP contribution is -2.51. The van der Waals surface area contributed by atoms with E-state index in [0.29, 0.717) is 17.3 Å². The van der Waals surface area contributed by atoms with Crippen LogP contribution in [0.5, 0.6) is 5.75 Å². The Bertz CT molecular complexity index is 1370. The van der Waals surface area contributed by atoms with Crippen molar-refractivity contribution < 1.29 is 22.7 Å². The quantitative estimate of drug-likeness (QED) is 0.339.